The predicted octanol–water partition coefficient (Wildman–Crippen LogP) is 4.66. The molecule has 0 saturated carbocycles. The van der Waals surface area contributed by atoms with Crippen LogP contribution in [0.1, 0.15) is 23.7 Å². The highest BCUT2D eigenvalue weighted by Crippen LogP contribution is 2.28. The average molecular weight is 281 g/mol. The summed E-state index contributed by atoms with van der Waals surface area (Å²) in [6.45, 7) is 0. The maximum Gasteiger partial charge on any atom is 0.0793 e. The lowest BCUT2D eigenvalue weighted by molar-refractivity contribution is 0.168. The molecule has 18 heavy (non-hydrogen) atoms. The number of hydrogen-bond donors (Lipinski definition) is 1. The zero-order chi connectivity index (χ0) is 13.0. The molecule has 0 aliphatic carbocycles. The predicted molar refractivity (Wildman–Crippen MR) is 76.2 cm³/mol. The topological polar surface area (TPSA) is 20.2 Å². The van der Waals surface area contributed by atoms with Gasteiger partial charge in [-0.2, -0.15) is 0 Å². The minimum Gasteiger partial charge on any atom is -0.388 e. The molecule has 0 fully saturated rings. The molecule has 0 saturated heterocycles. The van der Waals surface area contributed by atoms with Crippen molar-refractivity contribution in [2.45, 2.75) is 18.9 Å². The van der Waals surface area contributed by atoms with Crippen molar-refractivity contribution in [1.29, 1.82) is 0 Å². The maximum atomic E-state index is 10.1. The van der Waals surface area contributed by atoms with E-state index in [1.54, 1.807) is 6.07 Å². The molecule has 3 heteroatoms. The molecule has 2 rings (SSSR count). The molecule has 0 spiro atoms. The van der Waals surface area contributed by atoms with Crippen LogP contribution in [0, 0.1) is 0 Å². The van der Waals surface area contributed by atoms with Gasteiger partial charge in [0, 0.05) is 0 Å². The fourth-order valence-electron chi connectivity index (χ4n) is 1.88. The summed E-state index contributed by atoms with van der Waals surface area (Å²) in [5.74, 6) is 0. The van der Waals surface area contributed by atoms with E-state index in [0.29, 0.717) is 22.9 Å². The second kappa shape index (κ2) is 6.24. The van der Waals surface area contributed by atoms with Crippen molar-refractivity contribution < 1.29 is 5.11 Å². The Labute approximate surface area is 117 Å². The van der Waals surface area contributed by atoms with Crippen LogP contribution >= 0.6 is 23.2 Å². The van der Waals surface area contributed by atoms with E-state index in [4.69, 9.17) is 23.2 Å². The summed E-state index contributed by atoms with van der Waals surface area (Å²) >= 11 is 12.1. The van der Waals surface area contributed by atoms with Crippen molar-refractivity contribution in [2.24, 2.45) is 0 Å². The molecule has 0 bridgehead atoms. The van der Waals surface area contributed by atoms with Gasteiger partial charge in [-0.25, -0.2) is 0 Å². The fraction of sp³-hybridized carbons (Fsp3) is 0.200. The van der Waals surface area contributed by atoms with E-state index in [2.05, 4.69) is 0 Å². The molecule has 0 aliphatic rings. The molecule has 0 amide bonds. The molecule has 1 atom stereocenters. The average Bonchev–Trinajstić information content (AvgIpc) is 2.41. The van der Waals surface area contributed by atoms with Crippen molar-refractivity contribution in [1.82, 2.24) is 0 Å². The van der Waals surface area contributed by atoms with Gasteiger partial charge >= 0.3 is 0 Å². The second-order valence-corrected chi connectivity index (χ2v) is 4.96. The first-order valence-corrected chi connectivity index (χ1v) is 6.60. The molecule has 1 N–H and O–H groups in total. The van der Waals surface area contributed by atoms with Gasteiger partial charge in [0.15, 0.2) is 0 Å². The third kappa shape index (κ3) is 3.26. The molecule has 2 aromatic rings. The lowest BCUT2D eigenvalue weighted by atomic mass is 10.0. The van der Waals surface area contributed by atoms with Crippen LogP contribution in [0.3, 0.4) is 0 Å². The molecular weight excluding hydrogens is 267 g/mol. The number of rotatable bonds is 4. The van der Waals surface area contributed by atoms with Gasteiger partial charge in [0.2, 0.25) is 0 Å². The number of aryl methyl sites for hydroxylation is 1. The Hall–Kier alpha value is -1.02. The third-order valence-corrected chi connectivity index (χ3v) is 3.76. The van der Waals surface area contributed by atoms with Crippen LogP contribution in [0.15, 0.2) is 48.5 Å². The Kier molecular flexibility index (Phi) is 4.65. The highest BCUT2D eigenvalue weighted by molar-refractivity contribution is 6.42. The van der Waals surface area contributed by atoms with Gasteiger partial charge in [0.25, 0.3) is 0 Å². The van der Waals surface area contributed by atoms with Crippen LogP contribution in [0.4, 0.5) is 0 Å². The SMILES string of the molecule is OC(CCc1cccc(Cl)c1Cl)c1ccccc1. The van der Waals surface area contributed by atoms with Crippen LogP contribution in [0.2, 0.25) is 10.0 Å². The lowest BCUT2D eigenvalue weighted by Gasteiger charge is -2.11. The maximum absolute atomic E-state index is 10.1. The normalized spacial score (nSPS) is 12.4. The first kappa shape index (κ1) is 13.4. The van der Waals surface area contributed by atoms with Crippen molar-refractivity contribution in [2.75, 3.05) is 0 Å². The molecule has 0 heterocycles. The van der Waals surface area contributed by atoms with E-state index >= 15 is 0 Å². The van der Waals surface area contributed by atoms with Gasteiger partial charge in [-0.1, -0.05) is 65.7 Å². The number of aliphatic hydroxyl groups is 1. The minimum atomic E-state index is -0.471. The molecule has 0 radical (unpaired) electrons. The molecule has 2 aromatic carbocycles. The number of halogens is 2. The summed E-state index contributed by atoms with van der Waals surface area (Å²) in [7, 11) is 0. The highest BCUT2D eigenvalue weighted by atomic mass is 35.5. The van der Waals surface area contributed by atoms with Crippen molar-refractivity contribution >= 4 is 23.2 Å². The van der Waals surface area contributed by atoms with Gasteiger partial charge < -0.3 is 5.11 Å². The molecule has 0 aliphatic heterocycles. The Balaban J connectivity index is 2.02. The summed E-state index contributed by atoms with van der Waals surface area (Å²) in [4.78, 5) is 0. The van der Waals surface area contributed by atoms with E-state index in [9.17, 15) is 5.11 Å². The van der Waals surface area contributed by atoms with E-state index < -0.39 is 6.10 Å². The highest BCUT2D eigenvalue weighted by Gasteiger charge is 2.09. The quantitative estimate of drug-likeness (QED) is 0.864. The minimum absolute atomic E-state index is 0.471. The first-order chi connectivity index (χ1) is 8.68. The summed E-state index contributed by atoms with van der Waals surface area (Å²) in [6, 6.07) is 15.2. The molecule has 0 aromatic heterocycles. The van der Waals surface area contributed by atoms with E-state index in [0.717, 1.165) is 11.1 Å². The standard InChI is InChI=1S/C15H14Cl2O/c16-13-8-4-7-12(15(13)17)9-10-14(18)11-5-2-1-3-6-11/h1-8,14,18H,9-10H2. The molecule has 94 valence electrons. The summed E-state index contributed by atoms with van der Waals surface area (Å²) in [5.41, 5.74) is 1.90. The first-order valence-electron chi connectivity index (χ1n) is 5.84. The van der Waals surface area contributed by atoms with Crippen LogP contribution in [0.25, 0.3) is 0 Å². The van der Waals surface area contributed by atoms with E-state index in [1.807, 2.05) is 42.5 Å². The van der Waals surface area contributed by atoms with Gasteiger partial charge in [-0.3, -0.25) is 0 Å². The third-order valence-electron chi connectivity index (χ3n) is 2.90. The van der Waals surface area contributed by atoms with E-state index in [1.165, 1.54) is 0 Å². The Morgan fingerprint density at radius 2 is 1.67 bits per heavy atom. The molecule has 1 nitrogen and oxygen atoms in total. The monoisotopic (exact) mass is 280 g/mol. The van der Waals surface area contributed by atoms with Gasteiger partial charge in [-0.15, -0.1) is 0 Å². The van der Waals surface area contributed by atoms with Crippen molar-refractivity contribution in [3.05, 3.63) is 69.7 Å². The number of benzene rings is 2. The zero-order valence-corrected chi connectivity index (χ0v) is 11.3. The van der Waals surface area contributed by atoms with Crippen LogP contribution in [-0.4, -0.2) is 5.11 Å². The second-order valence-electron chi connectivity index (χ2n) is 4.18. The van der Waals surface area contributed by atoms with Gasteiger partial charge in [0.1, 0.15) is 0 Å². The Morgan fingerprint density at radius 1 is 0.944 bits per heavy atom. The fourth-order valence-corrected chi connectivity index (χ4v) is 2.29. The molecular formula is C15H14Cl2O. The van der Waals surface area contributed by atoms with Gasteiger partial charge in [0.05, 0.1) is 16.1 Å². The summed E-state index contributed by atoms with van der Waals surface area (Å²) < 4.78 is 0. The smallest absolute Gasteiger partial charge is 0.0793 e. The lowest BCUT2D eigenvalue weighted by Crippen LogP contribution is -1.99. The summed E-state index contributed by atoms with van der Waals surface area (Å²) in [5, 5.41) is 11.2. The Morgan fingerprint density at radius 3 is 2.39 bits per heavy atom. The van der Waals surface area contributed by atoms with Crippen molar-refractivity contribution in [3.63, 3.8) is 0 Å². The largest absolute Gasteiger partial charge is 0.388 e. The zero-order valence-electron chi connectivity index (χ0n) is 9.81. The summed E-state index contributed by atoms with van der Waals surface area (Å²) in [6.07, 6.45) is 0.862. The van der Waals surface area contributed by atoms with E-state index in [-0.39, 0.29) is 0 Å². The van der Waals surface area contributed by atoms with Crippen LogP contribution in [0.5, 0.6) is 0 Å². The van der Waals surface area contributed by atoms with Crippen LogP contribution in [-0.2, 0) is 6.42 Å². The van der Waals surface area contributed by atoms with Crippen molar-refractivity contribution in [3.8, 4) is 0 Å². The molecule has 1 unspecified atom stereocenters. The number of hydrogen-bond acceptors (Lipinski definition) is 1. The van der Waals surface area contributed by atoms with Crippen LogP contribution < -0.4 is 0 Å². The number of aliphatic hydroxyl groups excluding tert-OH is 1. The Bertz CT molecular complexity index is 511. The van der Waals surface area contributed by atoms with Gasteiger partial charge in [-0.05, 0) is 30.0 Å².